The van der Waals surface area contributed by atoms with E-state index in [1.54, 1.807) is 18.3 Å². The molecular formula is C18H15ClN2O3. The maximum Gasteiger partial charge on any atom is 0.255 e. The van der Waals surface area contributed by atoms with Gasteiger partial charge in [-0.1, -0.05) is 17.7 Å². The summed E-state index contributed by atoms with van der Waals surface area (Å²) in [6.07, 6.45) is 1.71. The molecule has 1 N–H and O–H groups in total. The van der Waals surface area contributed by atoms with Crippen LogP contribution in [0, 0.1) is 0 Å². The van der Waals surface area contributed by atoms with Crippen molar-refractivity contribution in [3.8, 4) is 11.5 Å². The lowest BCUT2D eigenvalue weighted by molar-refractivity contribution is 0.102. The van der Waals surface area contributed by atoms with Gasteiger partial charge in [0.25, 0.3) is 5.91 Å². The number of methoxy groups -OCH3 is 2. The van der Waals surface area contributed by atoms with Crippen LogP contribution in [0.4, 0.5) is 5.69 Å². The third-order valence-corrected chi connectivity index (χ3v) is 3.87. The van der Waals surface area contributed by atoms with E-state index >= 15 is 0 Å². The van der Waals surface area contributed by atoms with Crippen LogP contribution in [0.2, 0.25) is 5.02 Å². The van der Waals surface area contributed by atoms with Gasteiger partial charge in [-0.2, -0.15) is 0 Å². The van der Waals surface area contributed by atoms with Gasteiger partial charge in [0.2, 0.25) is 0 Å². The Bertz CT molecular complexity index is 907. The summed E-state index contributed by atoms with van der Waals surface area (Å²) in [5.41, 5.74) is 1.86. The van der Waals surface area contributed by atoms with E-state index < -0.39 is 0 Å². The predicted octanol–water partition coefficient (Wildman–Crippen LogP) is 4.16. The van der Waals surface area contributed by atoms with E-state index in [4.69, 9.17) is 21.1 Å². The second-order valence-electron chi connectivity index (χ2n) is 5.02. The van der Waals surface area contributed by atoms with Crippen molar-refractivity contribution in [2.75, 3.05) is 19.5 Å². The number of carbonyl (C=O) groups is 1. The van der Waals surface area contributed by atoms with Crippen LogP contribution in [0.15, 0.2) is 48.7 Å². The van der Waals surface area contributed by atoms with Crippen LogP contribution < -0.4 is 14.8 Å². The Morgan fingerprint density at radius 3 is 2.71 bits per heavy atom. The van der Waals surface area contributed by atoms with Crippen molar-refractivity contribution in [1.29, 1.82) is 0 Å². The summed E-state index contributed by atoms with van der Waals surface area (Å²) in [5, 5.41) is 4.05. The van der Waals surface area contributed by atoms with E-state index in [2.05, 4.69) is 10.3 Å². The van der Waals surface area contributed by atoms with Crippen LogP contribution in [0.5, 0.6) is 11.5 Å². The van der Waals surface area contributed by atoms with Gasteiger partial charge in [-0.3, -0.25) is 9.78 Å². The molecule has 1 aromatic heterocycles. The molecule has 24 heavy (non-hydrogen) atoms. The van der Waals surface area contributed by atoms with Gasteiger partial charge in [0.05, 0.1) is 30.4 Å². The summed E-state index contributed by atoms with van der Waals surface area (Å²) in [7, 11) is 2.98. The first-order valence-electron chi connectivity index (χ1n) is 7.20. The SMILES string of the molecule is COc1cc(C(=O)Nc2cccc3ncccc23)cc(Cl)c1OC. The average molecular weight is 343 g/mol. The summed E-state index contributed by atoms with van der Waals surface area (Å²) in [4.78, 5) is 16.9. The highest BCUT2D eigenvalue weighted by Crippen LogP contribution is 2.36. The summed E-state index contributed by atoms with van der Waals surface area (Å²) in [6.45, 7) is 0. The number of carbonyl (C=O) groups excluding carboxylic acids is 1. The van der Waals surface area contributed by atoms with Crippen LogP contribution in [0.1, 0.15) is 10.4 Å². The number of hydrogen-bond acceptors (Lipinski definition) is 4. The van der Waals surface area contributed by atoms with Gasteiger partial charge in [-0.15, -0.1) is 0 Å². The van der Waals surface area contributed by atoms with Gasteiger partial charge in [0, 0.05) is 17.1 Å². The van der Waals surface area contributed by atoms with Crippen molar-refractivity contribution < 1.29 is 14.3 Å². The number of nitrogens with zero attached hydrogens (tertiary/aromatic N) is 1. The number of anilines is 1. The lowest BCUT2D eigenvalue weighted by Crippen LogP contribution is -2.12. The Hall–Kier alpha value is -2.79. The van der Waals surface area contributed by atoms with E-state index in [0.717, 1.165) is 10.9 Å². The topological polar surface area (TPSA) is 60.5 Å². The first kappa shape index (κ1) is 16.1. The number of ether oxygens (including phenoxy) is 2. The quantitative estimate of drug-likeness (QED) is 0.773. The molecule has 0 bridgehead atoms. The highest BCUT2D eigenvalue weighted by molar-refractivity contribution is 6.32. The Balaban J connectivity index is 1.96. The zero-order chi connectivity index (χ0) is 17.1. The van der Waals surface area contributed by atoms with E-state index in [0.29, 0.717) is 27.8 Å². The number of hydrogen-bond donors (Lipinski definition) is 1. The third-order valence-electron chi connectivity index (χ3n) is 3.59. The molecule has 0 unspecified atom stereocenters. The Morgan fingerprint density at radius 2 is 1.96 bits per heavy atom. The molecule has 0 saturated heterocycles. The molecule has 0 atom stereocenters. The average Bonchev–Trinajstić information content (AvgIpc) is 2.61. The van der Waals surface area contributed by atoms with Crippen molar-refractivity contribution in [1.82, 2.24) is 4.98 Å². The number of rotatable bonds is 4. The highest BCUT2D eigenvalue weighted by Gasteiger charge is 2.16. The summed E-state index contributed by atoms with van der Waals surface area (Å²) in [6, 6.07) is 12.4. The summed E-state index contributed by atoms with van der Waals surface area (Å²) >= 11 is 6.16. The molecule has 1 heterocycles. The van der Waals surface area contributed by atoms with Gasteiger partial charge in [-0.05, 0) is 36.4 Å². The molecule has 0 spiro atoms. The molecule has 5 nitrogen and oxygen atoms in total. The number of halogens is 1. The second kappa shape index (κ2) is 6.76. The lowest BCUT2D eigenvalue weighted by atomic mass is 10.1. The maximum atomic E-state index is 12.6. The van der Waals surface area contributed by atoms with Gasteiger partial charge in [0.1, 0.15) is 0 Å². The van der Waals surface area contributed by atoms with Crippen molar-refractivity contribution in [3.05, 3.63) is 59.2 Å². The van der Waals surface area contributed by atoms with Gasteiger partial charge >= 0.3 is 0 Å². The zero-order valence-corrected chi connectivity index (χ0v) is 13.9. The number of aromatic nitrogens is 1. The number of fused-ring (bicyclic) bond motifs is 1. The van der Waals surface area contributed by atoms with E-state index in [1.807, 2.05) is 30.3 Å². The number of benzene rings is 2. The zero-order valence-electron chi connectivity index (χ0n) is 13.2. The Kier molecular flexibility index (Phi) is 4.53. The predicted molar refractivity (Wildman–Crippen MR) is 94.3 cm³/mol. The van der Waals surface area contributed by atoms with E-state index in [-0.39, 0.29) is 5.91 Å². The summed E-state index contributed by atoms with van der Waals surface area (Å²) in [5.74, 6) is 0.494. The van der Waals surface area contributed by atoms with Gasteiger partial charge in [0.15, 0.2) is 11.5 Å². The minimum atomic E-state index is -0.297. The fourth-order valence-corrected chi connectivity index (χ4v) is 2.74. The van der Waals surface area contributed by atoms with Crippen LogP contribution >= 0.6 is 11.6 Å². The standard InChI is InChI=1S/C18H15ClN2O3/c1-23-16-10-11(9-13(19)17(16)24-2)18(22)21-15-7-3-6-14-12(15)5-4-8-20-14/h3-10H,1-2H3,(H,21,22). The van der Waals surface area contributed by atoms with Crippen molar-refractivity contribution >= 4 is 34.1 Å². The first-order chi connectivity index (χ1) is 11.6. The van der Waals surface area contributed by atoms with Crippen molar-refractivity contribution in [2.24, 2.45) is 0 Å². The summed E-state index contributed by atoms with van der Waals surface area (Å²) < 4.78 is 10.4. The van der Waals surface area contributed by atoms with Crippen LogP contribution in [-0.4, -0.2) is 25.1 Å². The Morgan fingerprint density at radius 1 is 1.12 bits per heavy atom. The normalized spacial score (nSPS) is 10.5. The minimum absolute atomic E-state index is 0.297. The molecule has 1 amide bonds. The van der Waals surface area contributed by atoms with Crippen LogP contribution in [0.25, 0.3) is 10.9 Å². The lowest BCUT2D eigenvalue weighted by Gasteiger charge is -2.12. The third kappa shape index (κ3) is 2.98. The second-order valence-corrected chi connectivity index (χ2v) is 5.43. The molecule has 3 aromatic rings. The molecule has 2 aromatic carbocycles. The highest BCUT2D eigenvalue weighted by atomic mass is 35.5. The molecule has 3 rings (SSSR count). The molecule has 6 heteroatoms. The maximum absolute atomic E-state index is 12.6. The number of amides is 1. The van der Waals surface area contributed by atoms with E-state index in [9.17, 15) is 4.79 Å². The van der Waals surface area contributed by atoms with Crippen LogP contribution in [-0.2, 0) is 0 Å². The molecule has 0 aliphatic rings. The van der Waals surface area contributed by atoms with Gasteiger partial charge < -0.3 is 14.8 Å². The monoisotopic (exact) mass is 342 g/mol. The molecule has 0 fully saturated rings. The molecular weight excluding hydrogens is 328 g/mol. The molecule has 122 valence electrons. The molecule has 0 aliphatic heterocycles. The first-order valence-corrected chi connectivity index (χ1v) is 7.58. The number of nitrogens with one attached hydrogen (secondary N) is 1. The van der Waals surface area contributed by atoms with Crippen LogP contribution in [0.3, 0.4) is 0 Å². The minimum Gasteiger partial charge on any atom is -0.493 e. The smallest absolute Gasteiger partial charge is 0.255 e. The van der Waals surface area contributed by atoms with E-state index in [1.165, 1.54) is 14.2 Å². The fourth-order valence-electron chi connectivity index (χ4n) is 2.46. The van der Waals surface area contributed by atoms with Crippen molar-refractivity contribution in [2.45, 2.75) is 0 Å². The Labute approximate surface area is 144 Å². The van der Waals surface area contributed by atoms with Crippen molar-refractivity contribution in [3.63, 3.8) is 0 Å². The molecule has 0 saturated carbocycles. The molecule has 0 radical (unpaired) electrons. The molecule has 0 aliphatic carbocycles. The fraction of sp³-hybridized carbons (Fsp3) is 0.111. The number of pyridine rings is 1. The van der Waals surface area contributed by atoms with Gasteiger partial charge in [-0.25, -0.2) is 0 Å². The largest absolute Gasteiger partial charge is 0.493 e.